The van der Waals surface area contributed by atoms with Crippen LogP contribution in [0.5, 0.6) is 5.75 Å². The van der Waals surface area contributed by atoms with Gasteiger partial charge in [0.05, 0.1) is 18.7 Å². The molecule has 0 radical (unpaired) electrons. The molecular formula is C16H12FN3O2. The van der Waals surface area contributed by atoms with Crippen LogP contribution in [-0.2, 0) is 6.54 Å². The molecule has 0 N–H and O–H groups in total. The summed E-state index contributed by atoms with van der Waals surface area (Å²) in [6.07, 6.45) is 3.21. The molecule has 22 heavy (non-hydrogen) atoms. The first-order chi connectivity index (χ1) is 10.7. The van der Waals surface area contributed by atoms with Crippen molar-refractivity contribution in [2.75, 3.05) is 7.11 Å². The van der Waals surface area contributed by atoms with Crippen molar-refractivity contribution < 1.29 is 13.9 Å². The molecule has 110 valence electrons. The lowest BCUT2D eigenvalue weighted by molar-refractivity contribution is 0.0741. The summed E-state index contributed by atoms with van der Waals surface area (Å²) in [5.74, 6) is -0.870. The normalized spacial score (nSPS) is 16.3. The highest BCUT2D eigenvalue weighted by molar-refractivity contribution is 6.00. The van der Waals surface area contributed by atoms with Gasteiger partial charge in [0, 0.05) is 30.6 Å². The molecule has 0 bridgehead atoms. The number of ether oxygens (including phenoxy) is 1. The van der Waals surface area contributed by atoms with E-state index >= 15 is 0 Å². The van der Waals surface area contributed by atoms with Gasteiger partial charge in [-0.15, -0.1) is 0 Å². The monoisotopic (exact) mass is 297 g/mol. The van der Waals surface area contributed by atoms with Crippen molar-refractivity contribution in [2.45, 2.75) is 12.6 Å². The molecule has 3 rings (SSSR count). The van der Waals surface area contributed by atoms with Gasteiger partial charge < -0.3 is 9.64 Å². The van der Waals surface area contributed by atoms with E-state index in [4.69, 9.17) is 4.74 Å². The predicted molar refractivity (Wildman–Crippen MR) is 75.4 cm³/mol. The van der Waals surface area contributed by atoms with Crippen LogP contribution in [0, 0.1) is 17.1 Å². The Morgan fingerprint density at radius 3 is 2.77 bits per heavy atom. The van der Waals surface area contributed by atoms with E-state index in [-0.39, 0.29) is 17.9 Å². The predicted octanol–water partition coefficient (Wildman–Crippen LogP) is 2.45. The second kappa shape index (κ2) is 5.45. The summed E-state index contributed by atoms with van der Waals surface area (Å²) >= 11 is 0. The number of nitriles is 1. The third kappa shape index (κ3) is 2.17. The van der Waals surface area contributed by atoms with Gasteiger partial charge in [-0.2, -0.15) is 5.26 Å². The molecule has 2 heterocycles. The molecule has 6 heteroatoms. The fourth-order valence-electron chi connectivity index (χ4n) is 2.58. The lowest BCUT2D eigenvalue weighted by Crippen LogP contribution is -2.27. The zero-order valence-electron chi connectivity index (χ0n) is 11.8. The van der Waals surface area contributed by atoms with E-state index in [1.165, 1.54) is 18.1 Å². The fraction of sp³-hybridized carbons (Fsp3) is 0.188. The van der Waals surface area contributed by atoms with Gasteiger partial charge >= 0.3 is 0 Å². The van der Waals surface area contributed by atoms with Crippen LogP contribution in [-0.4, -0.2) is 22.9 Å². The third-order valence-corrected chi connectivity index (χ3v) is 3.64. The molecule has 1 aromatic carbocycles. The minimum atomic E-state index is -0.833. The molecule has 0 saturated heterocycles. The summed E-state index contributed by atoms with van der Waals surface area (Å²) in [5, 5.41) is 9.41. The van der Waals surface area contributed by atoms with Crippen LogP contribution in [0.15, 0.2) is 36.7 Å². The number of nitrogens with zero attached hydrogens (tertiary/aromatic N) is 3. The van der Waals surface area contributed by atoms with Crippen molar-refractivity contribution in [3.63, 3.8) is 0 Å². The van der Waals surface area contributed by atoms with E-state index < -0.39 is 17.8 Å². The maximum atomic E-state index is 14.2. The largest absolute Gasteiger partial charge is 0.497 e. The lowest BCUT2D eigenvalue weighted by Gasteiger charge is -2.19. The van der Waals surface area contributed by atoms with Crippen LogP contribution in [0.3, 0.4) is 0 Å². The van der Waals surface area contributed by atoms with Crippen molar-refractivity contribution in [3.05, 3.63) is 59.2 Å². The molecule has 5 nitrogen and oxygen atoms in total. The van der Waals surface area contributed by atoms with Crippen LogP contribution in [0.25, 0.3) is 0 Å². The highest BCUT2D eigenvalue weighted by Gasteiger charge is 2.39. The molecule has 1 unspecified atom stereocenters. The van der Waals surface area contributed by atoms with Gasteiger partial charge in [-0.1, -0.05) is 0 Å². The van der Waals surface area contributed by atoms with Crippen LogP contribution >= 0.6 is 0 Å². The van der Waals surface area contributed by atoms with Gasteiger partial charge in [-0.05, 0) is 23.8 Å². The summed E-state index contributed by atoms with van der Waals surface area (Å²) in [4.78, 5) is 17.7. The quantitative estimate of drug-likeness (QED) is 0.872. The number of hydrogen-bond acceptors (Lipinski definition) is 4. The van der Waals surface area contributed by atoms with Crippen molar-refractivity contribution in [1.29, 1.82) is 5.26 Å². The Bertz CT molecular complexity index is 771. The summed E-state index contributed by atoms with van der Waals surface area (Å²) < 4.78 is 19.2. The van der Waals surface area contributed by atoms with Crippen molar-refractivity contribution >= 4 is 5.91 Å². The molecule has 1 amide bonds. The van der Waals surface area contributed by atoms with Gasteiger partial charge in [-0.3, -0.25) is 9.78 Å². The number of methoxy groups -OCH3 is 1. The summed E-state index contributed by atoms with van der Waals surface area (Å²) in [6, 6.07) is 7.43. The van der Waals surface area contributed by atoms with Crippen molar-refractivity contribution in [3.8, 4) is 11.8 Å². The number of rotatable bonds is 3. The highest BCUT2D eigenvalue weighted by Crippen LogP contribution is 2.38. The van der Waals surface area contributed by atoms with Crippen LogP contribution in [0.1, 0.15) is 27.5 Å². The van der Waals surface area contributed by atoms with Gasteiger partial charge in [0.1, 0.15) is 17.6 Å². The van der Waals surface area contributed by atoms with Crippen LogP contribution in [0.2, 0.25) is 0 Å². The van der Waals surface area contributed by atoms with E-state index in [2.05, 4.69) is 11.1 Å². The van der Waals surface area contributed by atoms with Crippen molar-refractivity contribution in [1.82, 2.24) is 9.88 Å². The van der Waals surface area contributed by atoms with Gasteiger partial charge in [0.25, 0.3) is 5.91 Å². The average Bonchev–Trinajstić information content (AvgIpc) is 2.80. The van der Waals surface area contributed by atoms with Gasteiger partial charge in [-0.25, -0.2) is 4.39 Å². The Kier molecular flexibility index (Phi) is 3.47. The highest BCUT2D eigenvalue weighted by atomic mass is 19.1. The van der Waals surface area contributed by atoms with E-state index in [1.807, 2.05) is 0 Å². The minimum absolute atomic E-state index is 0.0543. The van der Waals surface area contributed by atoms with Gasteiger partial charge in [0.15, 0.2) is 0 Å². The van der Waals surface area contributed by atoms with E-state index in [0.717, 1.165) is 11.6 Å². The molecule has 0 aliphatic carbocycles. The molecule has 2 aromatic rings. The van der Waals surface area contributed by atoms with Gasteiger partial charge in [0.2, 0.25) is 0 Å². The number of halogens is 1. The maximum Gasteiger partial charge on any atom is 0.258 e. The van der Waals surface area contributed by atoms with Crippen molar-refractivity contribution in [2.24, 2.45) is 0 Å². The molecule has 1 aliphatic rings. The lowest BCUT2D eigenvalue weighted by atomic mass is 10.0. The Balaban J connectivity index is 2.03. The summed E-state index contributed by atoms with van der Waals surface area (Å²) in [7, 11) is 1.41. The van der Waals surface area contributed by atoms with E-state index in [0.29, 0.717) is 5.56 Å². The first kappa shape index (κ1) is 14.0. The zero-order valence-corrected chi connectivity index (χ0v) is 11.8. The van der Waals surface area contributed by atoms with Crippen LogP contribution in [0.4, 0.5) is 4.39 Å². The first-order valence-electron chi connectivity index (χ1n) is 6.62. The Labute approximate surface area is 126 Å². The Morgan fingerprint density at radius 1 is 1.41 bits per heavy atom. The Hall–Kier alpha value is -2.94. The maximum absolute atomic E-state index is 14.2. The smallest absolute Gasteiger partial charge is 0.258 e. The number of fused-ring (bicyclic) bond motifs is 1. The topological polar surface area (TPSA) is 66.2 Å². The first-order valence-corrected chi connectivity index (χ1v) is 6.62. The Morgan fingerprint density at radius 2 is 2.14 bits per heavy atom. The van der Waals surface area contributed by atoms with Crippen LogP contribution < -0.4 is 4.74 Å². The molecule has 1 atom stereocenters. The summed E-state index contributed by atoms with van der Waals surface area (Å²) in [6.45, 7) is 0.218. The molecular weight excluding hydrogens is 285 g/mol. The fourth-order valence-corrected chi connectivity index (χ4v) is 2.58. The standard InChI is InChI=1S/C16H12FN3O2/c1-22-11-6-12-14(8-18)20(9-10-2-4-19-5-3-10)16(21)15(12)13(17)7-11/h2-7,14H,9H2,1H3. The van der Waals surface area contributed by atoms with E-state index in [1.54, 1.807) is 24.5 Å². The number of benzene rings is 1. The molecule has 0 fully saturated rings. The average molecular weight is 297 g/mol. The molecule has 0 spiro atoms. The third-order valence-electron chi connectivity index (χ3n) is 3.64. The second-order valence-electron chi connectivity index (χ2n) is 4.89. The number of amides is 1. The SMILES string of the molecule is COc1cc(F)c2c(c1)C(C#N)N(Cc1ccncc1)C2=O. The number of carbonyl (C=O) groups is 1. The molecule has 1 aromatic heterocycles. The number of carbonyl (C=O) groups excluding carboxylic acids is 1. The minimum Gasteiger partial charge on any atom is -0.497 e. The molecule has 0 saturated carbocycles. The zero-order chi connectivity index (χ0) is 15.7. The second-order valence-corrected chi connectivity index (χ2v) is 4.89. The summed E-state index contributed by atoms with van der Waals surface area (Å²) in [5.41, 5.74) is 1.11. The van der Waals surface area contributed by atoms with E-state index in [9.17, 15) is 14.4 Å². The molecule has 1 aliphatic heterocycles. The number of aromatic nitrogens is 1. The number of pyridine rings is 1. The number of hydrogen-bond donors (Lipinski definition) is 0.